The molecule has 3 heterocycles. The first-order valence-corrected chi connectivity index (χ1v) is 7.72. The van der Waals surface area contributed by atoms with Gasteiger partial charge in [-0.25, -0.2) is 4.99 Å². The van der Waals surface area contributed by atoms with Gasteiger partial charge in [0.15, 0.2) is 5.75 Å². The average molecular weight is 347 g/mol. The van der Waals surface area contributed by atoms with E-state index in [1.165, 1.54) is 7.11 Å². The van der Waals surface area contributed by atoms with Crippen LogP contribution in [-0.2, 0) is 10.3 Å². The van der Waals surface area contributed by atoms with Gasteiger partial charge in [0.25, 0.3) is 11.9 Å². The van der Waals surface area contributed by atoms with Crippen molar-refractivity contribution in [2.45, 2.75) is 12.0 Å². The molecule has 1 atom stereocenters. The number of fused-ring (bicyclic) bond motifs is 4. The topological polar surface area (TPSA) is 105 Å². The first-order chi connectivity index (χ1) is 11.5. The number of anilines is 1. The van der Waals surface area contributed by atoms with Crippen molar-refractivity contribution in [3.05, 3.63) is 40.5 Å². The van der Waals surface area contributed by atoms with Crippen LogP contribution in [0.1, 0.15) is 17.5 Å². The Bertz CT molecular complexity index is 871. The van der Waals surface area contributed by atoms with Gasteiger partial charge in [0.05, 0.1) is 13.7 Å². The van der Waals surface area contributed by atoms with E-state index in [1.807, 2.05) is 6.07 Å². The molecular weight excluding hydrogens is 332 g/mol. The predicted octanol–water partition coefficient (Wildman–Crippen LogP) is 2.41. The minimum atomic E-state index is -0.805. The number of nitrogen functional groups attached to an aromatic ring is 1. The van der Waals surface area contributed by atoms with Crippen molar-refractivity contribution in [3.8, 4) is 17.4 Å². The molecule has 1 aromatic heterocycles. The van der Waals surface area contributed by atoms with Gasteiger partial charge in [-0.15, -0.1) is 0 Å². The van der Waals surface area contributed by atoms with E-state index in [0.29, 0.717) is 36.1 Å². The summed E-state index contributed by atoms with van der Waals surface area (Å²) in [5.41, 5.74) is 13.2. The number of amidine groups is 1. The van der Waals surface area contributed by atoms with E-state index < -0.39 is 5.54 Å². The van der Waals surface area contributed by atoms with E-state index in [1.54, 1.807) is 18.2 Å². The molecule has 0 amide bonds. The fourth-order valence-corrected chi connectivity index (χ4v) is 3.39. The number of hydrogen-bond acceptors (Lipinski definition) is 7. The lowest BCUT2D eigenvalue weighted by Gasteiger charge is -2.39. The highest BCUT2D eigenvalue weighted by molar-refractivity contribution is 6.29. The average Bonchev–Trinajstić information content (AvgIpc) is 2.56. The molecule has 2 aliphatic heterocycles. The van der Waals surface area contributed by atoms with Crippen LogP contribution in [0.25, 0.3) is 0 Å². The molecule has 8 heteroatoms. The maximum atomic E-state index is 6.18. The zero-order valence-electron chi connectivity index (χ0n) is 12.9. The monoisotopic (exact) mass is 346 g/mol. The van der Waals surface area contributed by atoms with Crippen molar-refractivity contribution in [3.63, 3.8) is 0 Å². The second-order valence-electron chi connectivity index (χ2n) is 5.60. The molecule has 0 aliphatic carbocycles. The molecule has 0 bridgehead atoms. The van der Waals surface area contributed by atoms with E-state index in [4.69, 9.17) is 37.3 Å². The van der Waals surface area contributed by atoms with Crippen LogP contribution in [0.3, 0.4) is 0 Å². The first-order valence-electron chi connectivity index (χ1n) is 7.34. The van der Waals surface area contributed by atoms with Crippen LogP contribution >= 0.6 is 11.6 Å². The molecule has 1 aromatic carbocycles. The minimum absolute atomic E-state index is 0.106. The van der Waals surface area contributed by atoms with Crippen LogP contribution in [0.5, 0.6) is 17.4 Å². The molecule has 4 rings (SSSR count). The minimum Gasteiger partial charge on any atom is -0.478 e. The molecule has 2 aromatic rings. The molecule has 7 nitrogen and oxygen atoms in total. The second kappa shape index (κ2) is 5.17. The summed E-state index contributed by atoms with van der Waals surface area (Å²) in [5.74, 6) is 1.38. The van der Waals surface area contributed by atoms with Crippen molar-refractivity contribution in [2.24, 2.45) is 10.7 Å². The summed E-state index contributed by atoms with van der Waals surface area (Å²) in [6.45, 7) is 0.408. The van der Waals surface area contributed by atoms with E-state index in [-0.39, 0.29) is 11.2 Å². The summed E-state index contributed by atoms with van der Waals surface area (Å²) in [7, 11) is 1.51. The van der Waals surface area contributed by atoms with Crippen molar-refractivity contribution in [1.29, 1.82) is 0 Å². The van der Waals surface area contributed by atoms with Gasteiger partial charge < -0.3 is 25.7 Å². The standard InChI is InChI=1S/C16H15ClN4O3/c1-22-14-13-10(7-12(17)20-14)16(4-5-23-15(19)21-16)9-6-8(18)2-3-11(9)24-13/h2-3,6-7H,4-5,18H2,1H3,(H2,19,21)/t16-/m0/s1. The number of aromatic nitrogens is 1. The Labute approximate surface area is 143 Å². The lowest BCUT2D eigenvalue weighted by molar-refractivity contribution is 0.217. The van der Waals surface area contributed by atoms with Gasteiger partial charge >= 0.3 is 0 Å². The Morgan fingerprint density at radius 1 is 1.25 bits per heavy atom. The molecular formula is C16H15ClN4O3. The van der Waals surface area contributed by atoms with E-state index in [0.717, 1.165) is 11.1 Å². The second-order valence-corrected chi connectivity index (χ2v) is 5.98. The van der Waals surface area contributed by atoms with Gasteiger partial charge in [-0.05, 0) is 24.3 Å². The van der Waals surface area contributed by atoms with Crippen LogP contribution in [0, 0.1) is 0 Å². The van der Waals surface area contributed by atoms with Crippen LogP contribution in [0.2, 0.25) is 5.15 Å². The third kappa shape index (κ3) is 2.05. The smallest absolute Gasteiger partial charge is 0.283 e. The van der Waals surface area contributed by atoms with Gasteiger partial charge in [0.1, 0.15) is 16.4 Å². The van der Waals surface area contributed by atoms with Crippen molar-refractivity contribution in [2.75, 3.05) is 19.5 Å². The maximum absolute atomic E-state index is 6.18. The molecule has 1 spiro atoms. The third-order valence-corrected chi connectivity index (χ3v) is 4.42. The van der Waals surface area contributed by atoms with E-state index in [9.17, 15) is 0 Å². The van der Waals surface area contributed by atoms with Crippen molar-refractivity contribution >= 4 is 23.3 Å². The normalized spacial score (nSPS) is 21.2. The van der Waals surface area contributed by atoms with Gasteiger partial charge in [0, 0.05) is 23.2 Å². The number of nitrogens with zero attached hydrogens (tertiary/aromatic N) is 2. The Balaban J connectivity index is 2.08. The Morgan fingerprint density at radius 3 is 2.83 bits per heavy atom. The zero-order chi connectivity index (χ0) is 16.9. The number of ether oxygens (including phenoxy) is 3. The van der Waals surface area contributed by atoms with Gasteiger partial charge in [-0.1, -0.05) is 11.6 Å². The molecule has 4 N–H and O–H groups in total. The maximum Gasteiger partial charge on any atom is 0.283 e. The summed E-state index contributed by atoms with van der Waals surface area (Å²) in [5, 5.41) is 0.279. The summed E-state index contributed by atoms with van der Waals surface area (Å²) in [6.07, 6.45) is 0.560. The van der Waals surface area contributed by atoms with Gasteiger partial charge in [-0.3, -0.25) is 0 Å². The Hall–Kier alpha value is -2.67. The highest BCUT2D eigenvalue weighted by atomic mass is 35.5. The number of nitrogens with two attached hydrogens (primary N) is 2. The molecule has 24 heavy (non-hydrogen) atoms. The highest BCUT2D eigenvalue weighted by Gasteiger charge is 2.46. The summed E-state index contributed by atoms with van der Waals surface area (Å²) < 4.78 is 16.7. The number of methoxy groups -OCH3 is 1. The number of hydrogen-bond donors (Lipinski definition) is 2. The van der Waals surface area contributed by atoms with Crippen molar-refractivity contribution < 1.29 is 14.2 Å². The lowest BCUT2D eigenvalue weighted by Crippen LogP contribution is -2.38. The molecule has 2 aliphatic rings. The first kappa shape index (κ1) is 14.9. The summed E-state index contributed by atoms with van der Waals surface area (Å²) in [6, 6.07) is 7.22. The molecule has 124 valence electrons. The third-order valence-electron chi connectivity index (χ3n) is 4.23. The summed E-state index contributed by atoms with van der Waals surface area (Å²) in [4.78, 5) is 8.78. The fourth-order valence-electron chi connectivity index (χ4n) is 3.21. The van der Waals surface area contributed by atoms with Gasteiger partial charge in [-0.2, -0.15) is 4.98 Å². The quantitative estimate of drug-likeness (QED) is 0.607. The van der Waals surface area contributed by atoms with E-state index in [2.05, 4.69) is 9.98 Å². The van der Waals surface area contributed by atoms with Crippen LogP contribution in [0.15, 0.2) is 29.3 Å². The Kier molecular flexibility index (Phi) is 3.21. The Morgan fingerprint density at radius 2 is 2.08 bits per heavy atom. The lowest BCUT2D eigenvalue weighted by atomic mass is 9.78. The van der Waals surface area contributed by atoms with Crippen LogP contribution in [0.4, 0.5) is 5.69 Å². The van der Waals surface area contributed by atoms with Crippen molar-refractivity contribution in [1.82, 2.24) is 4.98 Å². The molecule has 0 unspecified atom stereocenters. The highest BCUT2D eigenvalue weighted by Crippen LogP contribution is 2.54. The number of aliphatic imine (C=N–C) groups is 1. The number of pyridine rings is 1. The molecule has 0 radical (unpaired) electrons. The van der Waals surface area contributed by atoms with E-state index >= 15 is 0 Å². The zero-order valence-corrected chi connectivity index (χ0v) is 13.6. The summed E-state index contributed by atoms with van der Waals surface area (Å²) >= 11 is 6.18. The molecule has 0 saturated carbocycles. The number of benzene rings is 1. The number of halogens is 1. The van der Waals surface area contributed by atoms with Gasteiger partial charge in [0.2, 0.25) is 0 Å². The van der Waals surface area contributed by atoms with Crippen LogP contribution in [-0.4, -0.2) is 24.7 Å². The number of rotatable bonds is 1. The molecule has 0 saturated heterocycles. The fraction of sp³-hybridized carbons (Fsp3) is 0.250. The van der Waals surface area contributed by atoms with Crippen LogP contribution < -0.4 is 20.9 Å². The molecule has 0 fully saturated rings. The predicted molar refractivity (Wildman–Crippen MR) is 89.7 cm³/mol. The largest absolute Gasteiger partial charge is 0.478 e. The SMILES string of the molecule is COc1nc(Cl)cc2c1Oc1ccc(N)cc1[C@@]21CCOC(N)=N1.